The van der Waals surface area contributed by atoms with E-state index in [1.807, 2.05) is 24.8 Å². The van der Waals surface area contributed by atoms with Crippen LogP contribution in [0.4, 0.5) is 0 Å². The molecule has 2 amide bonds. The van der Waals surface area contributed by atoms with Crippen molar-refractivity contribution < 1.29 is 29.0 Å². The van der Waals surface area contributed by atoms with Crippen molar-refractivity contribution in [2.45, 2.75) is 106 Å². The van der Waals surface area contributed by atoms with Crippen LogP contribution in [0.15, 0.2) is 25.3 Å². The average molecular weight is 610 g/mol. The van der Waals surface area contributed by atoms with Crippen molar-refractivity contribution in [1.82, 2.24) is 9.80 Å². The Morgan fingerprint density at radius 3 is 2.56 bits per heavy atom. The SMILES string of the molecule is C=CCCCCOC(=O)[C@H]1[C@H]2C(=O)N([C@@H](CO)C(C)C)C(C(=O)N(CC=C)C3CCCCC3)C23CC(Br)[C@@H]1O3. The molecule has 8 nitrogen and oxygen atoms in total. The van der Waals surface area contributed by atoms with Gasteiger partial charge in [-0.05, 0) is 44.4 Å². The fraction of sp³-hybridized carbons (Fsp3) is 0.767. The highest BCUT2D eigenvalue weighted by atomic mass is 79.9. The van der Waals surface area contributed by atoms with Gasteiger partial charge in [0.25, 0.3) is 0 Å². The predicted molar refractivity (Wildman–Crippen MR) is 152 cm³/mol. The number of unbranched alkanes of at least 4 members (excludes halogenated alkanes) is 2. The van der Waals surface area contributed by atoms with Crippen LogP contribution >= 0.6 is 15.9 Å². The van der Waals surface area contributed by atoms with Crippen molar-refractivity contribution >= 4 is 33.7 Å². The van der Waals surface area contributed by atoms with E-state index in [4.69, 9.17) is 9.47 Å². The van der Waals surface area contributed by atoms with E-state index in [0.717, 1.165) is 44.9 Å². The summed E-state index contributed by atoms with van der Waals surface area (Å²) in [6.45, 7) is 11.9. The van der Waals surface area contributed by atoms with Crippen LogP contribution in [0.5, 0.6) is 0 Å². The molecule has 3 saturated heterocycles. The van der Waals surface area contributed by atoms with E-state index in [0.29, 0.717) is 19.4 Å². The Hall–Kier alpha value is -1.71. The maximum atomic E-state index is 14.6. The quantitative estimate of drug-likeness (QED) is 0.147. The summed E-state index contributed by atoms with van der Waals surface area (Å²) < 4.78 is 12.3. The molecule has 7 atom stereocenters. The first kappa shape index (κ1) is 30.3. The minimum atomic E-state index is -1.16. The van der Waals surface area contributed by atoms with Crippen molar-refractivity contribution in [3.63, 3.8) is 0 Å². The van der Waals surface area contributed by atoms with Gasteiger partial charge in [0.1, 0.15) is 11.6 Å². The molecule has 3 aliphatic heterocycles. The number of amides is 2. The molecule has 3 heterocycles. The monoisotopic (exact) mass is 608 g/mol. The van der Waals surface area contributed by atoms with E-state index in [1.165, 1.54) is 0 Å². The minimum absolute atomic E-state index is 0.0676. The zero-order chi connectivity index (χ0) is 28.3. The van der Waals surface area contributed by atoms with Crippen LogP contribution in [-0.2, 0) is 23.9 Å². The first-order chi connectivity index (χ1) is 18.7. The number of carbonyl (C=O) groups excluding carboxylic acids is 3. The molecule has 4 fully saturated rings. The summed E-state index contributed by atoms with van der Waals surface area (Å²) in [6.07, 6.45) is 11.0. The van der Waals surface area contributed by atoms with E-state index < -0.39 is 41.6 Å². The molecule has 4 rings (SSSR count). The van der Waals surface area contributed by atoms with Gasteiger partial charge >= 0.3 is 5.97 Å². The Kier molecular flexibility index (Phi) is 9.97. The summed E-state index contributed by atoms with van der Waals surface area (Å²) in [6, 6.07) is -1.43. The maximum Gasteiger partial charge on any atom is 0.312 e. The lowest BCUT2D eigenvalue weighted by Crippen LogP contribution is -2.61. The number of alkyl halides is 1. The van der Waals surface area contributed by atoms with Gasteiger partial charge in [-0.2, -0.15) is 0 Å². The number of carbonyl (C=O) groups is 3. The largest absolute Gasteiger partial charge is 0.465 e. The molecule has 1 spiro atoms. The normalized spacial score (nSPS) is 32.8. The molecule has 0 radical (unpaired) electrons. The van der Waals surface area contributed by atoms with Gasteiger partial charge in [0, 0.05) is 17.4 Å². The molecule has 1 aliphatic carbocycles. The molecule has 0 aromatic heterocycles. The number of rotatable bonds is 13. The third-order valence-electron chi connectivity index (χ3n) is 9.22. The standard InChI is InChI=1S/C30H45BrN2O6/c1-5-7-8-12-16-38-29(37)23-24-27(35)33(22(18-34)19(3)4)26(30(24)17-21(31)25(23)39-30)28(36)32(15-6-2)20-13-10-9-11-14-20/h5-6,19-26,34H,1-2,7-18H2,3-4H3/t21?,22-,23-,24-,25-,26?,30?/m0/s1. The predicted octanol–water partition coefficient (Wildman–Crippen LogP) is 4.00. The molecule has 39 heavy (non-hydrogen) atoms. The number of likely N-dealkylation sites (tertiary alicyclic amines) is 1. The number of nitrogens with zero attached hydrogens (tertiary/aromatic N) is 2. The van der Waals surface area contributed by atoms with Crippen LogP contribution in [0.2, 0.25) is 0 Å². The summed E-state index contributed by atoms with van der Waals surface area (Å²) >= 11 is 3.72. The van der Waals surface area contributed by atoms with Gasteiger partial charge in [0.2, 0.25) is 11.8 Å². The van der Waals surface area contributed by atoms with Crippen LogP contribution in [0.1, 0.15) is 71.6 Å². The summed E-state index contributed by atoms with van der Waals surface area (Å²) in [4.78, 5) is 45.6. The van der Waals surface area contributed by atoms with Crippen LogP contribution in [0, 0.1) is 17.8 Å². The highest BCUT2D eigenvalue weighted by Gasteiger charge is 2.77. The molecular formula is C30H45BrN2O6. The van der Waals surface area contributed by atoms with E-state index in [-0.39, 0.29) is 41.8 Å². The van der Waals surface area contributed by atoms with Crippen molar-refractivity contribution in [2.75, 3.05) is 19.8 Å². The van der Waals surface area contributed by atoms with Crippen LogP contribution in [0.25, 0.3) is 0 Å². The molecule has 3 unspecified atom stereocenters. The molecule has 1 N–H and O–H groups in total. The fourth-order valence-corrected chi connectivity index (χ4v) is 8.30. The number of fused-ring (bicyclic) bond motifs is 1. The van der Waals surface area contributed by atoms with Gasteiger partial charge in [-0.25, -0.2) is 0 Å². The Morgan fingerprint density at radius 2 is 1.95 bits per heavy atom. The lowest BCUT2D eigenvalue weighted by Gasteiger charge is -2.43. The zero-order valence-electron chi connectivity index (χ0n) is 23.4. The van der Waals surface area contributed by atoms with Crippen LogP contribution in [0.3, 0.4) is 0 Å². The molecule has 218 valence electrons. The number of halogens is 1. The van der Waals surface area contributed by atoms with Crippen molar-refractivity contribution in [3.05, 3.63) is 25.3 Å². The molecule has 0 aromatic carbocycles. The highest BCUT2D eigenvalue weighted by Crippen LogP contribution is 2.61. The van der Waals surface area contributed by atoms with E-state index in [9.17, 15) is 19.5 Å². The first-order valence-electron chi connectivity index (χ1n) is 14.7. The van der Waals surface area contributed by atoms with E-state index in [2.05, 4.69) is 29.1 Å². The van der Waals surface area contributed by atoms with Gasteiger partial charge in [0.05, 0.1) is 37.2 Å². The Labute approximate surface area is 241 Å². The summed E-state index contributed by atoms with van der Waals surface area (Å²) in [5.74, 6) is -2.63. The maximum absolute atomic E-state index is 14.6. The third-order valence-corrected chi connectivity index (χ3v) is 10.1. The van der Waals surface area contributed by atoms with Gasteiger partial charge < -0.3 is 24.4 Å². The molecular weight excluding hydrogens is 564 g/mol. The lowest BCUT2D eigenvalue weighted by atomic mass is 9.70. The second-order valence-electron chi connectivity index (χ2n) is 11.9. The number of hydrogen-bond acceptors (Lipinski definition) is 6. The third kappa shape index (κ3) is 5.47. The molecule has 1 saturated carbocycles. The van der Waals surface area contributed by atoms with Gasteiger partial charge in [-0.3, -0.25) is 14.4 Å². The van der Waals surface area contributed by atoms with Crippen molar-refractivity contribution in [3.8, 4) is 0 Å². The Morgan fingerprint density at radius 1 is 1.23 bits per heavy atom. The topological polar surface area (TPSA) is 96.4 Å². The number of hydrogen-bond donors (Lipinski definition) is 1. The van der Waals surface area contributed by atoms with Crippen molar-refractivity contribution in [1.29, 1.82) is 0 Å². The average Bonchev–Trinajstić information content (AvgIpc) is 3.51. The second kappa shape index (κ2) is 12.9. The summed E-state index contributed by atoms with van der Waals surface area (Å²) in [7, 11) is 0. The van der Waals surface area contributed by atoms with E-state index in [1.54, 1.807) is 11.0 Å². The lowest BCUT2D eigenvalue weighted by molar-refractivity contribution is -0.157. The van der Waals surface area contributed by atoms with Gasteiger partial charge in [0.15, 0.2) is 0 Å². The van der Waals surface area contributed by atoms with E-state index >= 15 is 0 Å². The molecule has 2 bridgehead atoms. The van der Waals surface area contributed by atoms with Crippen LogP contribution < -0.4 is 0 Å². The second-order valence-corrected chi connectivity index (χ2v) is 13.1. The minimum Gasteiger partial charge on any atom is -0.465 e. The Balaban J connectivity index is 1.70. The summed E-state index contributed by atoms with van der Waals surface area (Å²) in [5.41, 5.74) is -1.16. The highest BCUT2D eigenvalue weighted by molar-refractivity contribution is 9.09. The molecule has 9 heteroatoms. The summed E-state index contributed by atoms with van der Waals surface area (Å²) in [5, 5.41) is 10.4. The number of ether oxygens (including phenoxy) is 2. The zero-order valence-corrected chi connectivity index (χ0v) is 25.0. The fourth-order valence-electron chi connectivity index (χ4n) is 7.36. The Bertz CT molecular complexity index is 936. The molecule has 4 aliphatic rings. The van der Waals surface area contributed by atoms with Crippen molar-refractivity contribution in [2.24, 2.45) is 17.8 Å². The first-order valence-corrected chi connectivity index (χ1v) is 15.6. The number of aliphatic hydroxyl groups excluding tert-OH is 1. The smallest absolute Gasteiger partial charge is 0.312 e. The van der Waals surface area contributed by atoms with Gasteiger partial charge in [-0.15, -0.1) is 13.2 Å². The number of allylic oxidation sites excluding steroid dienone is 1. The molecule has 0 aromatic rings. The number of esters is 1. The van der Waals surface area contributed by atoms with Gasteiger partial charge in [-0.1, -0.05) is 61.2 Å². The number of aliphatic hydroxyl groups is 1. The van der Waals surface area contributed by atoms with Crippen LogP contribution in [-0.4, -0.2) is 87.1 Å².